The van der Waals surface area contributed by atoms with Crippen LogP contribution in [0, 0.1) is 0 Å². The number of allylic oxidation sites excluding steroid dienone is 1. The number of hydrogen-bond donors (Lipinski definition) is 2. The number of amides is 1. The van der Waals surface area contributed by atoms with Crippen molar-refractivity contribution in [2.75, 3.05) is 17.7 Å². The van der Waals surface area contributed by atoms with Crippen LogP contribution in [0.4, 0.5) is 17.1 Å². The second kappa shape index (κ2) is 8.62. The maximum Gasteiger partial charge on any atom is 0.263 e. The van der Waals surface area contributed by atoms with Gasteiger partial charge in [0.1, 0.15) is 9.71 Å². The number of nitrogens with one attached hydrogen (secondary N) is 1. The number of carbonyl (C=O) groups is 1. The lowest BCUT2D eigenvalue weighted by molar-refractivity contribution is 0.0968. The summed E-state index contributed by atoms with van der Waals surface area (Å²) in [6.45, 7) is 6.13. The van der Waals surface area contributed by atoms with Gasteiger partial charge in [0.15, 0.2) is 0 Å². The van der Waals surface area contributed by atoms with Crippen LogP contribution in [0.5, 0.6) is 0 Å². The van der Waals surface area contributed by atoms with E-state index in [9.17, 15) is 4.79 Å². The number of nitrogen functional groups attached to an aromatic ring is 1. The van der Waals surface area contributed by atoms with Gasteiger partial charge < -0.3 is 16.0 Å². The first-order valence-corrected chi connectivity index (χ1v) is 10.8. The number of thiophene rings is 1. The number of benzene rings is 2. The Morgan fingerprint density at radius 2 is 1.77 bits per heavy atom. The highest BCUT2D eigenvalue weighted by molar-refractivity contribution is 7.21. The summed E-state index contributed by atoms with van der Waals surface area (Å²) in [6, 6.07) is 20.7. The first-order valence-electron chi connectivity index (χ1n) is 9.97. The van der Waals surface area contributed by atoms with Crippen molar-refractivity contribution in [3.8, 4) is 0 Å². The van der Waals surface area contributed by atoms with E-state index in [-0.39, 0.29) is 5.91 Å². The molecule has 3 N–H and O–H groups in total. The van der Waals surface area contributed by atoms with Crippen LogP contribution in [0.25, 0.3) is 10.2 Å². The number of carbonyl (C=O) groups excluding carboxylic acids is 1. The van der Waals surface area contributed by atoms with Gasteiger partial charge in [0.05, 0.1) is 16.8 Å². The Labute approximate surface area is 185 Å². The van der Waals surface area contributed by atoms with E-state index in [1.807, 2.05) is 24.0 Å². The molecular weight excluding hydrogens is 404 g/mol. The molecule has 0 bridgehead atoms. The minimum atomic E-state index is -0.210. The molecule has 2 heterocycles. The van der Waals surface area contributed by atoms with Gasteiger partial charge in [-0.25, -0.2) is 4.98 Å². The largest absolute Gasteiger partial charge is 0.397 e. The summed E-state index contributed by atoms with van der Waals surface area (Å²) in [5.74, 6) is -0.210. The van der Waals surface area contributed by atoms with Crippen molar-refractivity contribution in [1.82, 2.24) is 10.3 Å². The zero-order chi connectivity index (χ0) is 22.0. The van der Waals surface area contributed by atoms with Gasteiger partial charge in [0, 0.05) is 24.6 Å². The molecule has 0 aliphatic heterocycles. The van der Waals surface area contributed by atoms with Gasteiger partial charge in [-0.1, -0.05) is 49.0 Å². The molecule has 2 aromatic heterocycles. The lowest BCUT2D eigenvalue weighted by Crippen LogP contribution is -2.18. The Morgan fingerprint density at radius 1 is 1.10 bits per heavy atom. The van der Waals surface area contributed by atoms with E-state index in [1.54, 1.807) is 13.2 Å². The molecular formula is C25H24N4OS. The minimum Gasteiger partial charge on any atom is -0.397 e. The summed E-state index contributed by atoms with van der Waals surface area (Å²) in [4.78, 5) is 19.9. The molecule has 0 spiro atoms. The van der Waals surface area contributed by atoms with Crippen molar-refractivity contribution in [3.63, 3.8) is 0 Å². The standard InChI is InChI=1S/C25H24N4OS/c1-16(2)29(19-11-9-18(10-12-19)15-17-7-5-4-6-8-17)20-13-14-28-25-21(20)22(26)23(31-25)24(30)27-3/h4-14H,1,15,26H2,2-3H3,(H,27,30). The molecule has 0 saturated carbocycles. The molecule has 0 fully saturated rings. The Balaban J connectivity index is 1.74. The van der Waals surface area contributed by atoms with Crippen molar-refractivity contribution in [2.45, 2.75) is 13.3 Å². The third kappa shape index (κ3) is 4.02. The maximum absolute atomic E-state index is 12.2. The smallest absolute Gasteiger partial charge is 0.263 e. The van der Waals surface area contributed by atoms with Gasteiger partial charge in [-0.05, 0) is 42.7 Å². The molecule has 156 valence electrons. The summed E-state index contributed by atoms with van der Waals surface area (Å²) < 4.78 is 0. The first-order chi connectivity index (χ1) is 15.0. The predicted octanol–water partition coefficient (Wildman–Crippen LogP) is 5.50. The van der Waals surface area contributed by atoms with Crippen LogP contribution in [-0.4, -0.2) is 17.9 Å². The highest BCUT2D eigenvalue weighted by atomic mass is 32.1. The van der Waals surface area contributed by atoms with Gasteiger partial charge in [-0.15, -0.1) is 11.3 Å². The number of anilines is 3. The fourth-order valence-corrected chi connectivity index (χ4v) is 4.69. The average molecular weight is 429 g/mol. The monoisotopic (exact) mass is 428 g/mol. The quantitative estimate of drug-likeness (QED) is 0.425. The van der Waals surface area contributed by atoms with E-state index < -0.39 is 0 Å². The molecule has 31 heavy (non-hydrogen) atoms. The topological polar surface area (TPSA) is 71.2 Å². The van der Waals surface area contributed by atoms with Gasteiger partial charge >= 0.3 is 0 Å². The van der Waals surface area contributed by atoms with E-state index in [1.165, 1.54) is 22.5 Å². The van der Waals surface area contributed by atoms with Crippen LogP contribution in [0.1, 0.15) is 27.7 Å². The SMILES string of the molecule is C=C(C)N(c1ccc(Cc2ccccc2)cc1)c1ccnc2sc(C(=O)NC)c(N)c12. The number of hydrogen-bond acceptors (Lipinski definition) is 5. The van der Waals surface area contributed by atoms with Crippen LogP contribution in [0.2, 0.25) is 0 Å². The van der Waals surface area contributed by atoms with Crippen molar-refractivity contribution < 1.29 is 4.79 Å². The van der Waals surface area contributed by atoms with Crippen molar-refractivity contribution in [2.24, 2.45) is 0 Å². The lowest BCUT2D eigenvalue weighted by atomic mass is 10.0. The Bertz CT molecular complexity index is 1250. The average Bonchev–Trinajstić information content (AvgIpc) is 3.12. The van der Waals surface area contributed by atoms with E-state index in [0.717, 1.165) is 33.7 Å². The number of pyridine rings is 1. The van der Waals surface area contributed by atoms with E-state index in [0.29, 0.717) is 10.6 Å². The molecule has 0 atom stereocenters. The van der Waals surface area contributed by atoms with Crippen LogP contribution >= 0.6 is 11.3 Å². The summed E-state index contributed by atoms with van der Waals surface area (Å²) in [5.41, 5.74) is 12.0. The van der Waals surface area contributed by atoms with Crippen molar-refractivity contribution >= 4 is 44.5 Å². The van der Waals surface area contributed by atoms with Crippen LogP contribution in [0.3, 0.4) is 0 Å². The summed E-state index contributed by atoms with van der Waals surface area (Å²) in [5, 5.41) is 3.41. The first kappa shape index (κ1) is 20.6. The third-order valence-corrected chi connectivity index (χ3v) is 6.22. The normalized spacial score (nSPS) is 10.8. The molecule has 1 amide bonds. The number of nitrogens with zero attached hydrogens (tertiary/aromatic N) is 2. The van der Waals surface area contributed by atoms with Crippen LogP contribution in [-0.2, 0) is 6.42 Å². The minimum absolute atomic E-state index is 0.210. The van der Waals surface area contributed by atoms with Crippen LogP contribution in [0.15, 0.2) is 79.1 Å². The summed E-state index contributed by atoms with van der Waals surface area (Å²) in [6.07, 6.45) is 2.61. The highest BCUT2D eigenvalue weighted by Crippen LogP contribution is 2.42. The number of fused-ring (bicyclic) bond motifs is 1. The number of aromatic nitrogens is 1. The highest BCUT2D eigenvalue weighted by Gasteiger charge is 2.22. The van der Waals surface area contributed by atoms with E-state index in [4.69, 9.17) is 5.73 Å². The Kier molecular flexibility index (Phi) is 5.73. The number of nitrogens with two attached hydrogens (primary N) is 1. The summed E-state index contributed by atoms with van der Waals surface area (Å²) in [7, 11) is 1.59. The van der Waals surface area contributed by atoms with Crippen LogP contribution < -0.4 is 16.0 Å². The maximum atomic E-state index is 12.2. The van der Waals surface area contributed by atoms with Crippen molar-refractivity contribution in [3.05, 3.63) is 95.1 Å². The lowest BCUT2D eigenvalue weighted by Gasteiger charge is -2.26. The zero-order valence-electron chi connectivity index (χ0n) is 17.6. The second-order valence-corrected chi connectivity index (χ2v) is 8.33. The predicted molar refractivity (Wildman–Crippen MR) is 130 cm³/mol. The molecule has 6 heteroatoms. The third-order valence-electron chi connectivity index (χ3n) is 5.11. The second-order valence-electron chi connectivity index (χ2n) is 7.33. The molecule has 5 nitrogen and oxygen atoms in total. The summed E-state index contributed by atoms with van der Waals surface area (Å²) >= 11 is 1.29. The fraction of sp³-hybridized carbons (Fsp3) is 0.120. The van der Waals surface area contributed by atoms with Gasteiger partial charge in [0.2, 0.25) is 0 Å². The molecule has 2 aromatic carbocycles. The van der Waals surface area contributed by atoms with Gasteiger partial charge in [-0.2, -0.15) is 0 Å². The van der Waals surface area contributed by atoms with Gasteiger partial charge in [-0.3, -0.25) is 4.79 Å². The number of rotatable bonds is 6. The van der Waals surface area contributed by atoms with Gasteiger partial charge in [0.25, 0.3) is 5.91 Å². The van der Waals surface area contributed by atoms with E-state index in [2.05, 4.69) is 65.4 Å². The van der Waals surface area contributed by atoms with Crippen molar-refractivity contribution in [1.29, 1.82) is 0 Å². The molecule has 0 unspecified atom stereocenters. The fourth-order valence-electron chi connectivity index (χ4n) is 3.66. The Hall–Kier alpha value is -3.64. The molecule has 4 aromatic rings. The zero-order valence-corrected chi connectivity index (χ0v) is 18.4. The molecule has 4 rings (SSSR count). The molecule has 0 aliphatic rings. The molecule has 0 aliphatic carbocycles. The molecule has 0 radical (unpaired) electrons. The molecule has 0 saturated heterocycles. The van der Waals surface area contributed by atoms with E-state index >= 15 is 0 Å². The Morgan fingerprint density at radius 3 is 2.42 bits per heavy atom.